The van der Waals surface area contributed by atoms with Crippen molar-refractivity contribution in [1.29, 1.82) is 0 Å². The zero-order valence-corrected chi connectivity index (χ0v) is 16.9. The molecule has 2 atom stereocenters. The summed E-state index contributed by atoms with van der Waals surface area (Å²) in [6.07, 6.45) is 1.90. The highest BCUT2D eigenvalue weighted by Crippen LogP contribution is 2.17. The van der Waals surface area contributed by atoms with E-state index >= 15 is 0 Å². The average Bonchev–Trinajstić information content (AvgIpc) is 3.11. The molecule has 2 rings (SSSR count). The van der Waals surface area contributed by atoms with Crippen LogP contribution in [0.1, 0.15) is 25.6 Å². The molecule has 7 heteroatoms. The molecule has 7 nitrogen and oxygen atoms in total. The minimum atomic E-state index is 0.149. The van der Waals surface area contributed by atoms with E-state index in [4.69, 9.17) is 9.15 Å². The van der Waals surface area contributed by atoms with Crippen molar-refractivity contribution in [2.24, 2.45) is 10.9 Å². The maximum atomic E-state index is 5.90. The third-order valence-corrected chi connectivity index (χ3v) is 4.52. The summed E-state index contributed by atoms with van der Waals surface area (Å²) in [7, 11) is 5.88. The first-order valence-electron chi connectivity index (χ1n) is 9.48. The van der Waals surface area contributed by atoms with Crippen molar-refractivity contribution in [3.05, 3.63) is 24.2 Å². The summed E-state index contributed by atoms with van der Waals surface area (Å²) in [6.45, 7) is 9.90. The molecule has 0 radical (unpaired) electrons. The fourth-order valence-corrected chi connectivity index (χ4v) is 3.23. The van der Waals surface area contributed by atoms with E-state index in [1.165, 1.54) is 0 Å². The molecule has 1 aliphatic heterocycles. The number of aliphatic imine (C=N–C) groups is 1. The lowest BCUT2D eigenvalue weighted by molar-refractivity contribution is -0.0284. The van der Waals surface area contributed by atoms with E-state index in [1.54, 1.807) is 13.3 Å². The van der Waals surface area contributed by atoms with Gasteiger partial charge in [0.15, 0.2) is 5.96 Å². The number of likely N-dealkylation sites (N-methyl/N-ethyl adjacent to an activating group) is 1. The van der Waals surface area contributed by atoms with Crippen molar-refractivity contribution in [2.75, 3.05) is 60.5 Å². The summed E-state index contributed by atoms with van der Waals surface area (Å²) in [6, 6.07) is 4.07. The van der Waals surface area contributed by atoms with Crippen LogP contribution in [0.2, 0.25) is 0 Å². The van der Waals surface area contributed by atoms with Gasteiger partial charge < -0.3 is 19.8 Å². The van der Waals surface area contributed by atoms with Crippen molar-refractivity contribution in [2.45, 2.75) is 26.0 Å². The summed E-state index contributed by atoms with van der Waals surface area (Å²) in [5.41, 5.74) is 0. The molecule has 1 aromatic heterocycles. The quantitative estimate of drug-likeness (QED) is 0.536. The summed E-state index contributed by atoms with van der Waals surface area (Å²) in [5.74, 6) is 2.41. The summed E-state index contributed by atoms with van der Waals surface area (Å²) < 4.78 is 11.5. The first-order chi connectivity index (χ1) is 12.5. The molecule has 0 saturated carbocycles. The largest absolute Gasteiger partial charge is 0.468 e. The monoisotopic (exact) mass is 365 g/mol. The molecule has 1 saturated heterocycles. The second-order valence-corrected chi connectivity index (χ2v) is 7.48. The Morgan fingerprint density at radius 3 is 2.81 bits per heavy atom. The first-order valence-corrected chi connectivity index (χ1v) is 9.48. The lowest BCUT2D eigenvalue weighted by atomic mass is 10.2. The number of guanidine groups is 1. The number of rotatable bonds is 8. The van der Waals surface area contributed by atoms with Gasteiger partial charge in [0, 0.05) is 39.8 Å². The molecular formula is C19H35N5O2. The minimum Gasteiger partial charge on any atom is -0.468 e. The van der Waals surface area contributed by atoms with E-state index in [9.17, 15) is 0 Å². The van der Waals surface area contributed by atoms with Crippen LogP contribution in [-0.2, 0) is 4.74 Å². The first kappa shape index (κ1) is 20.7. The van der Waals surface area contributed by atoms with Gasteiger partial charge in [-0.3, -0.25) is 14.8 Å². The Hall–Kier alpha value is -1.57. The lowest BCUT2D eigenvalue weighted by Gasteiger charge is -2.34. The Bertz CT molecular complexity index is 530. The number of hydrogen-bond donors (Lipinski definition) is 2. The van der Waals surface area contributed by atoms with E-state index in [0.717, 1.165) is 44.5 Å². The second-order valence-electron chi connectivity index (χ2n) is 7.48. The molecule has 26 heavy (non-hydrogen) atoms. The molecule has 148 valence electrons. The van der Waals surface area contributed by atoms with Crippen LogP contribution in [0.4, 0.5) is 0 Å². The number of nitrogens with zero attached hydrogens (tertiary/aromatic N) is 3. The van der Waals surface area contributed by atoms with Crippen LogP contribution in [0.5, 0.6) is 0 Å². The van der Waals surface area contributed by atoms with Gasteiger partial charge in [0.05, 0.1) is 25.0 Å². The Labute approximate surface area is 157 Å². The molecule has 1 aromatic rings. The molecular weight excluding hydrogens is 330 g/mol. The number of hydrogen-bond acceptors (Lipinski definition) is 5. The van der Waals surface area contributed by atoms with Gasteiger partial charge in [-0.2, -0.15) is 0 Å². The van der Waals surface area contributed by atoms with Crippen LogP contribution >= 0.6 is 0 Å². The molecule has 2 heterocycles. The highest BCUT2D eigenvalue weighted by Gasteiger charge is 2.21. The Morgan fingerprint density at radius 2 is 2.19 bits per heavy atom. The van der Waals surface area contributed by atoms with Gasteiger partial charge in [-0.25, -0.2) is 0 Å². The highest BCUT2D eigenvalue weighted by molar-refractivity contribution is 5.79. The van der Waals surface area contributed by atoms with Gasteiger partial charge in [0.1, 0.15) is 5.76 Å². The zero-order chi connectivity index (χ0) is 18.9. The molecule has 0 aromatic carbocycles. The third kappa shape index (κ3) is 6.63. The van der Waals surface area contributed by atoms with Crippen LogP contribution in [0.25, 0.3) is 0 Å². The second kappa shape index (κ2) is 10.5. The SMILES string of the molecule is CN=C(NCC1CN(CC(C)C)CCO1)NCC(c1ccco1)N(C)C. The standard InChI is InChI=1S/C19H35N5O2/c1-15(2)13-24-8-10-25-16(14-24)11-21-19(20-3)22-12-17(23(4)5)18-7-6-9-26-18/h6-7,9,15-17H,8,10-14H2,1-5H3,(H2,20,21,22). The van der Waals surface area contributed by atoms with Gasteiger partial charge in [0.2, 0.25) is 0 Å². The van der Waals surface area contributed by atoms with Crippen molar-refractivity contribution in [3.63, 3.8) is 0 Å². The molecule has 0 bridgehead atoms. The van der Waals surface area contributed by atoms with E-state index in [1.807, 2.05) is 26.2 Å². The fraction of sp³-hybridized carbons (Fsp3) is 0.737. The van der Waals surface area contributed by atoms with Crippen molar-refractivity contribution in [3.8, 4) is 0 Å². The van der Waals surface area contributed by atoms with Crippen LogP contribution in [-0.4, -0.2) is 82.3 Å². The van der Waals surface area contributed by atoms with E-state index in [-0.39, 0.29) is 12.1 Å². The van der Waals surface area contributed by atoms with Gasteiger partial charge >= 0.3 is 0 Å². The van der Waals surface area contributed by atoms with Gasteiger partial charge in [-0.05, 0) is 32.1 Å². The van der Waals surface area contributed by atoms with Crippen LogP contribution < -0.4 is 10.6 Å². The van der Waals surface area contributed by atoms with Crippen LogP contribution in [0.15, 0.2) is 27.8 Å². The molecule has 2 unspecified atom stereocenters. The van der Waals surface area contributed by atoms with Gasteiger partial charge in [0.25, 0.3) is 0 Å². The minimum absolute atomic E-state index is 0.149. The fourth-order valence-electron chi connectivity index (χ4n) is 3.23. The Morgan fingerprint density at radius 1 is 1.38 bits per heavy atom. The maximum absolute atomic E-state index is 5.90. The predicted molar refractivity (Wildman–Crippen MR) is 106 cm³/mol. The van der Waals surface area contributed by atoms with Crippen LogP contribution in [0, 0.1) is 5.92 Å². The van der Waals surface area contributed by atoms with E-state index < -0.39 is 0 Å². The molecule has 0 aliphatic carbocycles. The Balaban J connectivity index is 1.78. The zero-order valence-electron chi connectivity index (χ0n) is 16.9. The lowest BCUT2D eigenvalue weighted by Crippen LogP contribution is -2.50. The molecule has 0 amide bonds. The summed E-state index contributed by atoms with van der Waals surface area (Å²) >= 11 is 0. The highest BCUT2D eigenvalue weighted by atomic mass is 16.5. The normalized spacial score (nSPS) is 20.6. The van der Waals surface area contributed by atoms with E-state index in [0.29, 0.717) is 12.5 Å². The average molecular weight is 366 g/mol. The molecule has 0 spiro atoms. The molecule has 1 aliphatic rings. The number of furan rings is 1. The van der Waals surface area contributed by atoms with Gasteiger partial charge in [-0.15, -0.1) is 0 Å². The van der Waals surface area contributed by atoms with Crippen molar-refractivity contribution in [1.82, 2.24) is 20.4 Å². The van der Waals surface area contributed by atoms with Gasteiger partial charge in [-0.1, -0.05) is 13.8 Å². The van der Waals surface area contributed by atoms with E-state index in [2.05, 4.69) is 39.3 Å². The third-order valence-electron chi connectivity index (χ3n) is 4.52. The van der Waals surface area contributed by atoms with Crippen molar-refractivity contribution >= 4 is 5.96 Å². The smallest absolute Gasteiger partial charge is 0.191 e. The summed E-state index contributed by atoms with van der Waals surface area (Å²) in [4.78, 5) is 8.94. The topological polar surface area (TPSA) is 65.3 Å². The predicted octanol–water partition coefficient (Wildman–Crippen LogP) is 1.40. The van der Waals surface area contributed by atoms with Crippen molar-refractivity contribution < 1.29 is 9.15 Å². The molecule has 2 N–H and O–H groups in total. The summed E-state index contributed by atoms with van der Waals surface area (Å²) in [5, 5.41) is 6.78. The number of nitrogens with one attached hydrogen (secondary N) is 2. The Kier molecular flexibility index (Phi) is 8.41. The number of morpholine rings is 1. The maximum Gasteiger partial charge on any atom is 0.191 e. The van der Waals surface area contributed by atoms with Crippen LogP contribution in [0.3, 0.4) is 0 Å². The number of ether oxygens (including phenoxy) is 1. The molecule has 1 fully saturated rings.